The summed E-state index contributed by atoms with van der Waals surface area (Å²) in [5, 5.41) is 9.48. The molecule has 78 valence electrons. The molecule has 0 saturated heterocycles. The molecule has 2 nitrogen and oxygen atoms in total. The Labute approximate surface area is 88.9 Å². The summed E-state index contributed by atoms with van der Waals surface area (Å²) in [6.45, 7) is 1.52. The summed E-state index contributed by atoms with van der Waals surface area (Å²) in [6.07, 6.45) is -1.21. The molecule has 0 saturated carbocycles. The summed E-state index contributed by atoms with van der Waals surface area (Å²) in [4.78, 5) is 0. The number of hydrogen-bond acceptors (Lipinski definition) is 2. The van der Waals surface area contributed by atoms with Gasteiger partial charge in [0, 0.05) is 16.1 Å². The lowest BCUT2D eigenvalue weighted by Crippen LogP contribution is -2.25. The third-order valence-corrected chi connectivity index (χ3v) is 2.30. The van der Waals surface area contributed by atoms with Gasteiger partial charge in [0.25, 0.3) is 0 Å². The van der Waals surface area contributed by atoms with Crippen molar-refractivity contribution in [3.05, 3.63) is 33.8 Å². The Morgan fingerprint density at radius 3 is 2.50 bits per heavy atom. The first-order chi connectivity index (χ1) is 6.43. The lowest BCUT2D eigenvalue weighted by Gasteiger charge is -2.16. The number of aliphatic hydroxyl groups is 1. The minimum Gasteiger partial charge on any atom is -0.387 e. The molecule has 0 spiro atoms. The van der Waals surface area contributed by atoms with Gasteiger partial charge in [-0.25, -0.2) is 8.78 Å². The van der Waals surface area contributed by atoms with Crippen LogP contribution in [0.15, 0.2) is 16.6 Å². The van der Waals surface area contributed by atoms with E-state index in [9.17, 15) is 13.9 Å². The molecule has 0 aliphatic rings. The number of aliphatic hydroxyl groups excluding tert-OH is 1. The highest BCUT2D eigenvalue weighted by molar-refractivity contribution is 9.10. The summed E-state index contributed by atoms with van der Waals surface area (Å²) in [5.74, 6) is -2.06. The molecule has 0 heterocycles. The molecule has 1 aromatic carbocycles. The fourth-order valence-corrected chi connectivity index (χ4v) is 1.52. The first kappa shape index (κ1) is 11.6. The van der Waals surface area contributed by atoms with Gasteiger partial charge in [0.05, 0.1) is 6.10 Å². The molecule has 2 unspecified atom stereocenters. The summed E-state index contributed by atoms with van der Waals surface area (Å²) >= 11 is 3.01. The first-order valence-electron chi connectivity index (χ1n) is 4.01. The molecule has 0 bridgehead atoms. The molecular formula is C9H10BrF2NO. The summed E-state index contributed by atoms with van der Waals surface area (Å²) in [7, 11) is 0. The lowest BCUT2D eigenvalue weighted by atomic mass is 10.0. The molecule has 14 heavy (non-hydrogen) atoms. The average Bonchev–Trinajstić information content (AvgIpc) is 2.09. The van der Waals surface area contributed by atoms with Gasteiger partial charge in [-0.1, -0.05) is 15.9 Å². The zero-order valence-electron chi connectivity index (χ0n) is 7.47. The van der Waals surface area contributed by atoms with Crippen LogP contribution < -0.4 is 5.73 Å². The quantitative estimate of drug-likeness (QED) is 0.805. The van der Waals surface area contributed by atoms with Gasteiger partial charge in [-0.15, -0.1) is 0 Å². The third-order valence-electron chi connectivity index (χ3n) is 1.84. The Kier molecular flexibility index (Phi) is 3.58. The van der Waals surface area contributed by atoms with Crippen LogP contribution in [0, 0.1) is 11.6 Å². The summed E-state index contributed by atoms with van der Waals surface area (Å²) in [6, 6.07) is 1.65. The van der Waals surface area contributed by atoms with Gasteiger partial charge in [-0.2, -0.15) is 0 Å². The number of benzene rings is 1. The van der Waals surface area contributed by atoms with Crippen molar-refractivity contribution in [2.45, 2.75) is 19.1 Å². The highest BCUT2D eigenvalue weighted by atomic mass is 79.9. The minimum atomic E-state index is -1.21. The smallest absolute Gasteiger partial charge is 0.164 e. The maximum absolute atomic E-state index is 13.2. The van der Waals surface area contributed by atoms with E-state index in [1.807, 2.05) is 0 Å². The van der Waals surface area contributed by atoms with E-state index in [0.717, 1.165) is 6.07 Å². The Morgan fingerprint density at radius 1 is 1.43 bits per heavy atom. The predicted molar refractivity (Wildman–Crippen MR) is 52.7 cm³/mol. The van der Waals surface area contributed by atoms with E-state index in [1.165, 1.54) is 13.0 Å². The largest absolute Gasteiger partial charge is 0.387 e. The van der Waals surface area contributed by atoms with Gasteiger partial charge in [0.2, 0.25) is 0 Å². The SMILES string of the molecule is CC(N)C(O)c1cc(Br)cc(F)c1F. The van der Waals surface area contributed by atoms with Crippen LogP contribution in [0.5, 0.6) is 0 Å². The van der Waals surface area contributed by atoms with Gasteiger partial charge in [-0.05, 0) is 19.1 Å². The van der Waals surface area contributed by atoms with E-state index in [-0.39, 0.29) is 5.56 Å². The number of halogens is 3. The predicted octanol–water partition coefficient (Wildman–Crippen LogP) is 2.11. The molecule has 5 heteroatoms. The van der Waals surface area contributed by atoms with Crippen LogP contribution in [0.4, 0.5) is 8.78 Å². The zero-order chi connectivity index (χ0) is 10.9. The van der Waals surface area contributed by atoms with Crippen LogP contribution in [0.25, 0.3) is 0 Å². The Balaban J connectivity index is 3.20. The highest BCUT2D eigenvalue weighted by Crippen LogP contribution is 2.25. The first-order valence-corrected chi connectivity index (χ1v) is 4.81. The van der Waals surface area contributed by atoms with E-state index in [4.69, 9.17) is 5.73 Å². The fourth-order valence-electron chi connectivity index (χ4n) is 1.07. The van der Waals surface area contributed by atoms with Crippen molar-refractivity contribution in [2.75, 3.05) is 0 Å². The average molecular weight is 266 g/mol. The molecule has 0 aliphatic carbocycles. The van der Waals surface area contributed by atoms with Gasteiger partial charge in [0.1, 0.15) is 0 Å². The molecular weight excluding hydrogens is 256 g/mol. The standard InChI is InChI=1S/C9H10BrF2NO/c1-4(13)9(14)6-2-5(10)3-7(11)8(6)12/h2-4,9,14H,13H2,1H3. The second-order valence-electron chi connectivity index (χ2n) is 3.09. The van der Waals surface area contributed by atoms with E-state index < -0.39 is 23.8 Å². The maximum atomic E-state index is 13.2. The van der Waals surface area contributed by atoms with E-state index in [0.29, 0.717) is 4.47 Å². The molecule has 1 rings (SSSR count). The fraction of sp³-hybridized carbons (Fsp3) is 0.333. The molecule has 1 aromatic rings. The molecule has 0 aliphatic heterocycles. The number of rotatable bonds is 2. The second kappa shape index (κ2) is 4.33. The van der Waals surface area contributed by atoms with Crippen LogP contribution in [-0.4, -0.2) is 11.1 Å². The van der Waals surface area contributed by atoms with E-state index in [2.05, 4.69) is 15.9 Å². The second-order valence-corrected chi connectivity index (χ2v) is 4.01. The topological polar surface area (TPSA) is 46.2 Å². The van der Waals surface area contributed by atoms with Crippen molar-refractivity contribution in [3.63, 3.8) is 0 Å². The van der Waals surface area contributed by atoms with Gasteiger partial charge >= 0.3 is 0 Å². The number of hydrogen-bond donors (Lipinski definition) is 2. The van der Waals surface area contributed by atoms with Crippen LogP contribution >= 0.6 is 15.9 Å². The van der Waals surface area contributed by atoms with Crippen molar-refractivity contribution in [1.29, 1.82) is 0 Å². The van der Waals surface area contributed by atoms with Crippen LogP contribution in [0.1, 0.15) is 18.6 Å². The van der Waals surface area contributed by atoms with Crippen molar-refractivity contribution in [2.24, 2.45) is 5.73 Å². The Hall–Kier alpha value is -0.520. The van der Waals surface area contributed by atoms with Crippen molar-refractivity contribution in [3.8, 4) is 0 Å². The van der Waals surface area contributed by atoms with Crippen LogP contribution in [0.3, 0.4) is 0 Å². The molecule has 3 N–H and O–H groups in total. The van der Waals surface area contributed by atoms with Crippen LogP contribution in [-0.2, 0) is 0 Å². The Morgan fingerprint density at radius 2 is 2.00 bits per heavy atom. The molecule has 2 atom stereocenters. The lowest BCUT2D eigenvalue weighted by molar-refractivity contribution is 0.148. The molecule has 0 radical (unpaired) electrons. The van der Waals surface area contributed by atoms with Crippen molar-refractivity contribution >= 4 is 15.9 Å². The van der Waals surface area contributed by atoms with Crippen molar-refractivity contribution < 1.29 is 13.9 Å². The van der Waals surface area contributed by atoms with Crippen molar-refractivity contribution in [1.82, 2.24) is 0 Å². The minimum absolute atomic E-state index is 0.133. The van der Waals surface area contributed by atoms with E-state index in [1.54, 1.807) is 0 Å². The van der Waals surface area contributed by atoms with E-state index >= 15 is 0 Å². The monoisotopic (exact) mass is 265 g/mol. The zero-order valence-corrected chi connectivity index (χ0v) is 9.05. The highest BCUT2D eigenvalue weighted by Gasteiger charge is 2.20. The van der Waals surface area contributed by atoms with Crippen LogP contribution in [0.2, 0.25) is 0 Å². The van der Waals surface area contributed by atoms with Gasteiger partial charge in [0.15, 0.2) is 11.6 Å². The number of nitrogens with two attached hydrogens (primary N) is 1. The summed E-state index contributed by atoms with van der Waals surface area (Å²) in [5.41, 5.74) is 5.25. The third kappa shape index (κ3) is 2.29. The molecule has 0 fully saturated rings. The Bertz CT molecular complexity index is 344. The molecule has 0 aromatic heterocycles. The molecule has 0 amide bonds. The summed E-state index contributed by atoms with van der Waals surface area (Å²) < 4.78 is 26.5. The van der Waals surface area contributed by atoms with Gasteiger partial charge < -0.3 is 10.8 Å². The normalized spacial score (nSPS) is 15.3. The van der Waals surface area contributed by atoms with Gasteiger partial charge in [-0.3, -0.25) is 0 Å². The maximum Gasteiger partial charge on any atom is 0.164 e.